The van der Waals surface area contributed by atoms with E-state index < -0.39 is 5.97 Å². The van der Waals surface area contributed by atoms with Crippen LogP contribution in [0, 0.1) is 0 Å². The Labute approximate surface area is 156 Å². The molecule has 7 nitrogen and oxygen atoms in total. The van der Waals surface area contributed by atoms with E-state index in [4.69, 9.17) is 9.47 Å². The molecule has 2 aromatic carbocycles. The summed E-state index contributed by atoms with van der Waals surface area (Å²) in [5.74, 6) is -0.425. The molecule has 0 radical (unpaired) electrons. The molecule has 0 spiro atoms. The molecule has 1 aliphatic heterocycles. The van der Waals surface area contributed by atoms with Gasteiger partial charge in [-0.25, -0.2) is 0 Å². The molecule has 3 rings (SSSR count). The summed E-state index contributed by atoms with van der Waals surface area (Å²) >= 11 is 0. The highest BCUT2D eigenvalue weighted by molar-refractivity contribution is 6.32. The zero-order valence-corrected chi connectivity index (χ0v) is 15.1. The fourth-order valence-electron chi connectivity index (χ4n) is 2.71. The maximum absolute atomic E-state index is 12.8. The van der Waals surface area contributed by atoms with Crippen LogP contribution in [-0.2, 0) is 4.79 Å². The van der Waals surface area contributed by atoms with Gasteiger partial charge in [-0.15, -0.1) is 0 Å². The maximum atomic E-state index is 12.8. The van der Waals surface area contributed by atoms with Crippen molar-refractivity contribution >= 4 is 29.4 Å². The Morgan fingerprint density at radius 1 is 1.07 bits per heavy atom. The third-order valence-electron chi connectivity index (χ3n) is 4.13. The highest BCUT2D eigenvalue weighted by Crippen LogP contribution is 2.30. The minimum Gasteiger partial charge on any atom is -0.545 e. The van der Waals surface area contributed by atoms with Gasteiger partial charge >= 0.3 is 0 Å². The van der Waals surface area contributed by atoms with Gasteiger partial charge in [-0.3, -0.25) is 4.79 Å². The predicted octanol–water partition coefficient (Wildman–Crippen LogP) is 1.87. The van der Waals surface area contributed by atoms with Gasteiger partial charge in [-0.05, 0) is 48.4 Å². The van der Waals surface area contributed by atoms with E-state index >= 15 is 0 Å². The van der Waals surface area contributed by atoms with Crippen LogP contribution in [0.4, 0.5) is 5.69 Å². The van der Waals surface area contributed by atoms with Gasteiger partial charge in [0.25, 0.3) is 5.91 Å². The Bertz CT molecular complexity index is 961. The van der Waals surface area contributed by atoms with Crippen LogP contribution in [0.5, 0.6) is 11.5 Å². The first-order chi connectivity index (χ1) is 12.9. The molecule has 0 unspecified atom stereocenters. The van der Waals surface area contributed by atoms with Crippen molar-refractivity contribution in [1.82, 2.24) is 0 Å². The van der Waals surface area contributed by atoms with E-state index in [0.29, 0.717) is 28.5 Å². The van der Waals surface area contributed by atoms with E-state index in [9.17, 15) is 14.7 Å². The summed E-state index contributed by atoms with van der Waals surface area (Å²) in [4.78, 5) is 23.6. The van der Waals surface area contributed by atoms with Gasteiger partial charge in [0.1, 0.15) is 0 Å². The number of nitrogens with zero attached hydrogens (tertiary/aromatic N) is 2. The van der Waals surface area contributed by atoms with Crippen molar-refractivity contribution in [2.24, 2.45) is 5.10 Å². The molecule has 0 aliphatic carbocycles. The van der Waals surface area contributed by atoms with Crippen LogP contribution in [-0.4, -0.2) is 31.8 Å². The number of carbonyl (C=O) groups is 2. The first-order valence-corrected chi connectivity index (χ1v) is 8.09. The second kappa shape index (κ2) is 7.33. The Morgan fingerprint density at radius 2 is 1.74 bits per heavy atom. The average molecular weight is 365 g/mol. The maximum Gasteiger partial charge on any atom is 0.280 e. The van der Waals surface area contributed by atoms with Crippen LogP contribution >= 0.6 is 0 Å². The molecule has 0 bridgehead atoms. The minimum absolute atomic E-state index is 0.0344. The van der Waals surface area contributed by atoms with Crippen LogP contribution in [0.3, 0.4) is 0 Å². The molecule has 138 valence electrons. The monoisotopic (exact) mass is 365 g/mol. The number of aromatic carboxylic acids is 1. The van der Waals surface area contributed by atoms with E-state index in [0.717, 1.165) is 5.56 Å². The molecule has 2 aromatic rings. The van der Waals surface area contributed by atoms with Gasteiger partial charge < -0.3 is 19.4 Å². The van der Waals surface area contributed by atoms with Crippen LogP contribution in [0.2, 0.25) is 0 Å². The molecular formula is C20H17N2O5-. The molecule has 0 atom stereocenters. The molecule has 1 heterocycles. The lowest BCUT2D eigenvalue weighted by Crippen LogP contribution is -2.23. The molecule has 0 N–H and O–H groups in total. The third-order valence-corrected chi connectivity index (χ3v) is 4.13. The highest BCUT2D eigenvalue weighted by Gasteiger charge is 2.28. The largest absolute Gasteiger partial charge is 0.545 e. The zero-order valence-electron chi connectivity index (χ0n) is 15.1. The summed E-state index contributed by atoms with van der Waals surface area (Å²) in [5.41, 5.74) is 2.26. The molecule has 27 heavy (non-hydrogen) atoms. The number of carbonyl (C=O) groups excluding carboxylic acids is 2. The molecule has 0 fully saturated rings. The standard InChI is InChI=1S/C20H18N2O5/c1-12-16(10-13-4-9-17(26-2)18(11-13)27-3)19(23)22(21-12)15-7-5-14(6-8-15)20(24)25/h4-11H,1-3H3,(H,24,25)/p-1/b16-10-. The summed E-state index contributed by atoms with van der Waals surface area (Å²) in [7, 11) is 3.09. The molecule has 1 aliphatic rings. The average Bonchev–Trinajstić information content (AvgIpc) is 2.96. The Balaban J connectivity index is 1.91. The van der Waals surface area contributed by atoms with Crippen LogP contribution in [0.25, 0.3) is 6.08 Å². The van der Waals surface area contributed by atoms with Crippen molar-refractivity contribution < 1.29 is 24.2 Å². The summed E-state index contributed by atoms with van der Waals surface area (Å²) in [6.45, 7) is 1.74. The lowest BCUT2D eigenvalue weighted by atomic mass is 10.1. The first-order valence-electron chi connectivity index (χ1n) is 8.09. The summed E-state index contributed by atoms with van der Waals surface area (Å²) in [6, 6.07) is 11.1. The van der Waals surface area contributed by atoms with Gasteiger partial charge in [-0.1, -0.05) is 18.2 Å². The van der Waals surface area contributed by atoms with Crippen LogP contribution < -0.4 is 19.6 Å². The number of ether oxygens (including phenoxy) is 2. The van der Waals surface area contributed by atoms with E-state index in [1.165, 1.54) is 29.3 Å². The van der Waals surface area contributed by atoms with E-state index in [-0.39, 0.29) is 11.5 Å². The first kappa shape index (κ1) is 18.2. The lowest BCUT2D eigenvalue weighted by Gasteiger charge is -2.12. The number of hydrogen-bond donors (Lipinski definition) is 0. The van der Waals surface area contributed by atoms with E-state index in [1.807, 2.05) is 6.07 Å². The fraction of sp³-hybridized carbons (Fsp3) is 0.150. The zero-order chi connectivity index (χ0) is 19.6. The lowest BCUT2D eigenvalue weighted by molar-refractivity contribution is -0.255. The molecule has 0 saturated carbocycles. The Morgan fingerprint density at radius 3 is 2.33 bits per heavy atom. The normalized spacial score (nSPS) is 15.1. The van der Waals surface area contributed by atoms with Gasteiger partial charge in [0.05, 0.1) is 37.2 Å². The number of carboxylic acids is 1. The topological polar surface area (TPSA) is 91.3 Å². The van der Waals surface area contributed by atoms with Crippen molar-refractivity contribution in [3.63, 3.8) is 0 Å². The minimum atomic E-state index is -1.27. The van der Waals surface area contributed by atoms with Crippen molar-refractivity contribution in [1.29, 1.82) is 0 Å². The van der Waals surface area contributed by atoms with Gasteiger partial charge in [0.15, 0.2) is 11.5 Å². The van der Waals surface area contributed by atoms with Gasteiger partial charge in [-0.2, -0.15) is 10.1 Å². The molecule has 0 aromatic heterocycles. The van der Waals surface area contributed by atoms with E-state index in [2.05, 4.69) is 5.10 Å². The molecule has 1 amide bonds. The fourth-order valence-corrected chi connectivity index (χ4v) is 2.71. The predicted molar refractivity (Wildman–Crippen MR) is 98.9 cm³/mol. The highest BCUT2D eigenvalue weighted by atomic mass is 16.5. The quantitative estimate of drug-likeness (QED) is 0.755. The second-order valence-corrected chi connectivity index (χ2v) is 5.81. The number of hydrazone groups is 1. The number of benzene rings is 2. The number of amides is 1. The Hall–Kier alpha value is -3.61. The smallest absolute Gasteiger partial charge is 0.280 e. The van der Waals surface area contributed by atoms with Crippen molar-refractivity contribution in [2.75, 3.05) is 19.2 Å². The SMILES string of the molecule is COc1ccc(/C=C2\C(=O)N(c3ccc(C(=O)[O-])cc3)N=C2C)cc1OC. The van der Waals surface area contributed by atoms with Gasteiger partial charge in [0, 0.05) is 0 Å². The number of methoxy groups -OCH3 is 2. The van der Waals surface area contributed by atoms with Gasteiger partial charge in [0.2, 0.25) is 0 Å². The van der Waals surface area contributed by atoms with Crippen molar-refractivity contribution in [3.8, 4) is 11.5 Å². The number of hydrogen-bond acceptors (Lipinski definition) is 6. The van der Waals surface area contributed by atoms with E-state index in [1.54, 1.807) is 39.4 Å². The summed E-state index contributed by atoms with van der Waals surface area (Å²) in [6.07, 6.45) is 1.72. The second-order valence-electron chi connectivity index (χ2n) is 5.81. The summed E-state index contributed by atoms with van der Waals surface area (Å²) in [5, 5.41) is 16.4. The van der Waals surface area contributed by atoms with Crippen LogP contribution in [0.15, 0.2) is 53.1 Å². The molecule has 7 heteroatoms. The van der Waals surface area contributed by atoms with Crippen LogP contribution in [0.1, 0.15) is 22.8 Å². The third kappa shape index (κ3) is 3.52. The van der Waals surface area contributed by atoms with Crippen molar-refractivity contribution in [3.05, 3.63) is 59.2 Å². The number of carboxylic acid groups (broad SMARTS) is 1. The number of anilines is 1. The molecular weight excluding hydrogens is 348 g/mol. The Kier molecular flexibility index (Phi) is 4.94. The summed E-state index contributed by atoms with van der Waals surface area (Å²) < 4.78 is 10.5. The molecule has 0 saturated heterocycles. The number of rotatable bonds is 5. The van der Waals surface area contributed by atoms with Crippen molar-refractivity contribution in [2.45, 2.75) is 6.92 Å².